The number of nitrogens with zero attached hydrogens (tertiary/aromatic N) is 1. The molecule has 1 unspecified atom stereocenters. The third-order valence-corrected chi connectivity index (χ3v) is 11.6. The molecule has 2 heterocycles. The van der Waals surface area contributed by atoms with Crippen LogP contribution in [0.5, 0.6) is 0 Å². The lowest BCUT2D eigenvalue weighted by Gasteiger charge is -2.47. The summed E-state index contributed by atoms with van der Waals surface area (Å²) in [6, 6.07) is 7.84. The molecule has 0 bridgehead atoms. The van der Waals surface area contributed by atoms with Gasteiger partial charge in [0.1, 0.15) is 0 Å². The third-order valence-electron chi connectivity index (χ3n) is 8.61. The number of Topliss-reactive ketones (excluding diaryl/α,β-unsaturated/α-hetero) is 2. The lowest BCUT2D eigenvalue weighted by molar-refractivity contribution is -0.120. The van der Waals surface area contributed by atoms with Crippen molar-refractivity contribution >= 4 is 44.7 Å². The van der Waals surface area contributed by atoms with Gasteiger partial charge in [-0.2, -0.15) is 0 Å². The van der Waals surface area contributed by atoms with E-state index in [2.05, 4.69) is 37.9 Å². The van der Waals surface area contributed by atoms with E-state index >= 15 is 0 Å². The Hall–Kier alpha value is -1.99. The van der Waals surface area contributed by atoms with Gasteiger partial charge in [-0.25, -0.2) is 0 Å². The van der Waals surface area contributed by atoms with E-state index in [0.717, 1.165) is 64.7 Å². The monoisotopic (exact) mass is 566 g/mol. The number of carbonyl (C=O) groups is 3. The topological polar surface area (TPSA) is 66.5 Å². The summed E-state index contributed by atoms with van der Waals surface area (Å²) in [6.45, 7) is 8.62. The molecule has 2 aliphatic carbocycles. The first kappa shape index (κ1) is 28.5. The molecule has 1 aromatic rings. The second kappa shape index (κ2) is 11.1. The molecule has 210 valence electrons. The minimum absolute atomic E-state index is 0.0415. The molecule has 5 nitrogen and oxygen atoms in total. The van der Waals surface area contributed by atoms with Crippen LogP contribution in [0.1, 0.15) is 97.0 Å². The lowest BCUT2D eigenvalue weighted by Crippen LogP contribution is -2.43. The Balaban J connectivity index is 1.36. The van der Waals surface area contributed by atoms with Crippen LogP contribution in [0.2, 0.25) is 0 Å². The van der Waals surface area contributed by atoms with Gasteiger partial charge in [-0.05, 0) is 60.6 Å². The van der Waals surface area contributed by atoms with Gasteiger partial charge in [0, 0.05) is 71.5 Å². The van der Waals surface area contributed by atoms with Crippen LogP contribution in [-0.2, 0) is 14.4 Å². The normalized spacial score (nSPS) is 24.6. The summed E-state index contributed by atoms with van der Waals surface area (Å²) in [6.07, 6.45) is 7.62. The quantitative estimate of drug-likeness (QED) is 0.270. The predicted molar refractivity (Wildman–Crippen MR) is 163 cm³/mol. The Bertz CT molecular complexity index is 1170. The SMILES string of the molecule is CN1C2=C(C(=O)CC(C)(C)C2)C(c2ccc(NC(=O)CCCCC3CCSS3)cc2)C2=C1CC(C)(C)CC2=O. The second-order valence-corrected chi connectivity index (χ2v) is 16.1. The number of ketones is 2. The molecule has 0 spiro atoms. The van der Waals surface area contributed by atoms with Crippen molar-refractivity contribution in [2.24, 2.45) is 10.8 Å². The highest BCUT2D eigenvalue weighted by Gasteiger charge is 2.48. The molecule has 1 amide bonds. The molecule has 7 heteroatoms. The summed E-state index contributed by atoms with van der Waals surface area (Å²) >= 11 is 0. The van der Waals surface area contributed by atoms with E-state index in [9.17, 15) is 14.4 Å². The van der Waals surface area contributed by atoms with Gasteiger partial charge in [0.05, 0.1) is 0 Å². The second-order valence-electron chi connectivity index (χ2n) is 13.3. The van der Waals surface area contributed by atoms with Crippen molar-refractivity contribution < 1.29 is 14.4 Å². The van der Waals surface area contributed by atoms with Crippen LogP contribution in [0.4, 0.5) is 5.69 Å². The number of allylic oxidation sites excluding steroid dienone is 4. The number of unbranched alkanes of at least 4 members (excludes halogenated alkanes) is 1. The van der Waals surface area contributed by atoms with Crippen LogP contribution in [0, 0.1) is 10.8 Å². The molecule has 2 aliphatic heterocycles. The highest BCUT2D eigenvalue weighted by Crippen LogP contribution is 2.54. The van der Waals surface area contributed by atoms with E-state index in [1.807, 2.05) is 52.9 Å². The third kappa shape index (κ3) is 6.19. The molecular formula is C32H42N2O3S2. The molecule has 1 atom stereocenters. The van der Waals surface area contributed by atoms with Crippen molar-refractivity contribution in [3.8, 4) is 0 Å². The minimum atomic E-state index is -0.338. The van der Waals surface area contributed by atoms with Crippen molar-refractivity contribution in [1.29, 1.82) is 0 Å². The summed E-state index contributed by atoms with van der Waals surface area (Å²) in [5.41, 5.74) is 5.21. The molecule has 39 heavy (non-hydrogen) atoms. The van der Waals surface area contributed by atoms with Gasteiger partial charge in [0.15, 0.2) is 11.6 Å². The maximum Gasteiger partial charge on any atom is 0.224 e. The lowest BCUT2D eigenvalue weighted by atomic mass is 9.64. The first-order valence-electron chi connectivity index (χ1n) is 14.4. The number of carbonyl (C=O) groups excluding carboxylic acids is 3. The van der Waals surface area contributed by atoms with E-state index < -0.39 is 0 Å². The van der Waals surface area contributed by atoms with Gasteiger partial charge in [0.2, 0.25) is 5.91 Å². The number of amides is 1. The summed E-state index contributed by atoms with van der Waals surface area (Å²) in [5.74, 6) is 1.25. The standard InChI is InChI=1S/C32H42N2O3S2/c1-31(2)16-23-29(25(35)18-31)28(30-24(34(23)5)17-32(3,4)19-26(30)36)20-10-12-21(13-11-20)33-27(37)9-7-6-8-22-14-15-38-39-22/h10-13,22,28H,6-9,14-19H2,1-5H3,(H,33,37). The zero-order chi connectivity index (χ0) is 27.9. The van der Waals surface area contributed by atoms with Crippen LogP contribution in [0.25, 0.3) is 0 Å². The highest BCUT2D eigenvalue weighted by atomic mass is 33.1. The van der Waals surface area contributed by atoms with Crippen LogP contribution in [-0.4, -0.2) is 40.4 Å². The highest BCUT2D eigenvalue weighted by molar-refractivity contribution is 8.77. The van der Waals surface area contributed by atoms with Gasteiger partial charge in [-0.1, -0.05) is 67.8 Å². The largest absolute Gasteiger partial charge is 0.351 e. The predicted octanol–water partition coefficient (Wildman–Crippen LogP) is 7.65. The van der Waals surface area contributed by atoms with E-state index in [1.54, 1.807) is 0 Å². The Labute approximate surface area is 241 Å². The fraction of sp³-hybridized carbons (Fsp3) is 0.594. The number of hydrogen-bond acceptors (Lipinski definition) is 6. The number of anilines is 1. The Morgan fingerprint density at radius 1 is 0.923 bits per heavy atom. The van der Waals surface area contributed by atoms with Crippen LogP contribution in [0.15, 0.2) is 46.8 Å². The smallest absolute Gasteiger partial charge is 0.224 e. The van der Waals surface area contributed by atoms with Gasteiger partial charge >= 0.3 is 0 Å². The number of rotatable bonds is 7. The van der Waals surface area contributed by atoms with E-state index in [-0.39, 0.29) is 34.2 Å². The number of hydrogen-bond donors (Lipinski definition) is 1. The zero-order valence-electron chi connectivity index (χ0n) is 24.0. The van der Waals surface area contributed by atoms with Gasteiger partial charge in [-0.3, -0.25) is 14.4 Å². The van der Waals surface area contributed by atoms with Crippen LogP contribution < -0.4 is 5.32 Å². The van der Waals surface area contributed by atoms with Crippen molar-refractivity contribution in [3.05, 3.63) is 52.4 Å². The fourth-order valence-corrected chi connectivity index (χ4v) is 9.73. The summed E-state index contributed by atoms with van der Waals surface area (Å²) in [7, 11) is 6.00. The molecule has 5 rings (SSSR count). The van der Waals surface area contributed by atoms with Crippen molar-refractivity contribution in [1.82, 2.24) is 4.90 Å². The minimum Gasteiger partial charge on any atom is -0.351 e. The molecule has 0 saturated carbocycles. The van der Waals surface area contributed by atoms with E-state index in [1.165, 1.54) is 18.6 Å². The first-order valence-corrected chi connectivity index (χ1v) is 16.8. The van der Waals surface area contributed by atoms with Gasteiger partial charge < -0.3 is 10.2 Å². The van der Waals surface area contributed by atoms with E-state index in [4.69, 9.17) is 0 Å². The molecular weight excluding hydrogens is 524 g/mol. The van der Waals surface area contributed by atoms with Crippen LogP contribution >= 0.6 is 21.6 Å². The first-order chi connectivity index (χ1) is 18.4. The maximum absolute atomic E-state index is 13.6. The molecule has 1 saturated heterocycles. The Morgan fingerprint density at radius 2 is 1.51 bits per heavy atom. The average Bonchev–Trinajstić information content (AvgIpc) is 3.36. The Morgan fingerprint density at radius 3 is 2.05 bits per heavy atom. The fourth-order valence-electron chi connectivity index (χ4n) is 6.70. The molecule has 1 aromatic carbocycles. The molecule has 1 N–H and O–H groups in total. The van der Waals surface area contributed by atoms with Crippen molar-refractivity contribution in [2.45, 2.75) is 96.7 Å². The molecule has 1 fully saturated rings. The Kier molecular flexibility index (Phi) is 8.13. The van der Waals surface area contributed by atoms with E-state index in [0.29, 0.717) is 19.3 Å². The molecule has 4 aliphatic rings. The van der Waals surface area contributed by atoms with Crippen molar-refractivity contribution in [2.75, 3.05) is 18.1 Å². The van der Waals surface area contributed by atoms with Crippen LogP contribution in [0.3, 0.4) is 0 Å². The summed E-state index contributed by atoms with van der Waals surface area (Å²) in [4.78, 5) is 42.0. The average molecular weight is 567 g/mol. The molecule has 0 aromatic heterocycles. The summed E-state index contributed by atoms with van der Waals surface area (Å²) < 4.78 is 0. The van der Waals surface area contributed by atoms with Crippen molar-refractivity contribution in [3.63, 3.8) is 0 Å². The summed E-state index contributed by atoms with van der Waals surface area (Å²) in [5, 5.41) is 3.80. The zero-order valence-corrected chi connectivity index (χ0v) is 25.7. The number of nitrogens with one attached hydrogen (secondary N) is 1. The number of benzene rings is 1. The van der Waals surface area contributed by atoms with Gasteiger partial charge in [0.25, 0.3) is 0 Å². The maximum atomic E-state index is 13.6. The molecule has 0 radical (unpaired) electrons. The van der Waals surface area contributed by atoms with Gasteiger partial charge in [-0.15, -0.1) is 0 Å².